The molecule has 150 valence electrons. The highest BCUT2D eigenvalue weighted by Crippen LogP contribution is 2.24. The Morgan fingerprint density at radius 2 is 2.21 bits per heavy atom. The highest BCUT2D eigenvalue weighted by molar-refractivity contribution is 6.31. The van der Waals surface area contributed by atoms with Gasteiger partial charge in [-0.3, -0.25) is 9.48 Å². The number of hydrogen-bond acceptors (Lipinski definition) is 4. The minimum absolute atomic E-state index is 0.0547. The number of anilines is 1. The van der Waals surface area contributed by atoms with E-state index in [0.29, 0.717) is 37.4 Å². The quantitative estimate of drug-likeness (QED) is 0.747. The normalized spacial score (nSPS) is 13.5. The Labute approximate surface area is 168 Å². The van der Waals surface area contributed by atoms with Gasteiger partial charge in [0.05, 0.1) is 17.3 Å². The maximum atomic E-state index is 13.3. The van der Waals surface area contributed by atoms with Crippen LogP contribution in [0.15, 0.2) is 18.2 Å². The predicted molar refractivity (Wildman–Crippen MR) is 105 cm³/mol. The lowest BCUT2D eigenvalue weighted by Crippen LogP contribution is -2.39. The molecule has 0 saturated heterocycles. The third kappa shape index (κ3) is 4.51. The minimum atomic E-state index is -0.542. The molecule has 1 aliphatic rings. The van der Waals surface area contributed by atoms with Gasteiger partial charge < -0.3 is 15.1 Å². The summed E-state index contributed by atoms with van der Waals surface area (Å²) in [4.78, 5) is 27.9. The molecule has 2 amide bonds. The summed E-state index contributed by atoms with van der Waals surface area (Å²) < 4.78 is 15.0. The zero-order chi connectivity index (χ0) is 20.3. The number of carbonyl (C=O) groups excluding carboxylic acids is 2. The van der Waals surface area contributed by atoms with Crippen molar-refractivity contribution in [2.45, 2.75) is 25.9 Å². The van der Waals surface area contributed by atoms with Crippen molar-refractivity contribution in [3.63, 3.8) is 0 Å². The summed E-state index contributed by atoms with van der Waals surface area (Å²) in [5, 5.41) is 7.23. The SMILES string of the molecule is CN(C)CCCn1nc2c(c1C=O)CN(C(=O)Nc1ccc(F)c(Cl)c1)CC2. The Morgan fingerprint density at radius 3 is 2.89 bits per heavy atom. The van der Waals surface area contributed by atoms with Gasteiger partial charge in [-0.1, -0.05) is 11.6 Å². The molecule has 1 aromatic heterocycles. The highest BCUT2D eigenvalue weighted by atomic mass is 35.5. The van der Waals surface area contributed by atoms with Crippen molar-refractivity contribution in [3.8, 4) is 0 Å². The number of nitrogens with one attached hydrogen (secondary N) is 1. The van der Waals surface area contributed by atoms with Crippen molar-refractivity contribution in [2.75, 3.05) is 32.5 Å². The van der Waals surface area contributed by atoms with Gasteiger partial charge in [-0.05, 0) is 45.3 Å². The van der Waals surface area contributed by atoms with Gasteiger partial charge >= 0.3 is 6.03 Å². The standard InChI is InChI=1S/C19H23ClFN5O2/c1-24(2)7-3-8-26-18(12-27)14-11-25(9-6-17(14)23-26)19(28)22-13-4-5-16(21)15(20)10-13/h4-5,10,12H,3,6-9,11H2,1-2H3,(H,22,28). The number of benzene rings is 1. The van der Waals surface area contributed by atoms with Gasteiger partial charge in [-0.15, -0.1) is 0 Å². The van der Waals surface area contributed by atoms with Crippen LogP contribution in [0.2, 0.25) is 5.02 Å². The van der Waals surface area contributed by atoms with Crippen molar-refractivity contribution in [3.05, 3.63) is 46.0 Å². The Balaban J connectivity index is 1.70. The van der Waals surface area contributed by atoms with E-state index in [1.165, 1.54) is 18.2 Å². The second kappa shape index (κ2) is 8.70. The van der Waals surface area contributed by atoms with Crippen LogP contribution in [0.25, 0.3) is 0 Å². The molecule has 0 unspecified atom stereocenters. The summed E-state index contributed by atoms with van der Waals surface area (Å²) in [6, 6.07) is 3.69. The maximum Gasteiger partial charge on any atom is 0.322 e. The first-order chi connectivity index (χ1) is 13.4. The lowest BCUT2D eigenvalue weighted by molar-refractivity contribution is 0.111. The summed E-state index contributed by atoms with van der Waals surface area (Å²) >= 11 is 5.76. The number of amides is 2. The number of aromatic nitrogens is 2. The number of nitrogens with zero attached hydrogens (tertiary/aromatic N) is 4. The van der Waals surface area contributed by atoms with Crippen LogP contribution in [0, 0.1) is 5.82 Å². The molecule has 0 saturated carbocycles. The largest absolute Gasteiger partial charge is 0.322 e. The first-order valence-corrected chi connectivity index (χ1v) is 9.46. The zero-order valence-corrected chi connectivity index (χ0v) is 16.7. The summed E-state index contributed by atoms with van der Waals surface area (Å²) in [6.45, 7) is 2.34. The molecule has 1 N–H and O–H groups in total. The molecule has 0 spiro atoms. The average molecular weight is 408 g/mol. The number of rotatable bonds is 6. The highest BCUT2D eigenvalue weighted by Gasteiger charge is 2.27. The van der Waals surface area contributed by atoms with Crippen LogP contribution >= 0.6 is 11.6 Å². The monoisotopic (exact) mass is 407 g/mol. The van der Waals surface area contributed by atoms with Crippen LogP contribution in [0.3, 0.4) is 0 Å². The Morgan fingerprint density at radius 1 is 1.43 bits per heavy atom. The van der Waals surface area contributed by atoms with Crippen LogP contribution in [-0.2, 0) is 19.5 Å². The maximum absolute atomic E-state index is 13.3. The lowest BCUT2D eigenvalue weighted by atomic mass is 10.1. The second-order valence-corrected chi connectivity index (χ2v) is 7.45. The number of carbonyl (C=O) groups is 2. The van der Waals surface area contributed by atoms with Crippen molar-refractivity contribution >= 4 is 29.6 Å². The predicted octanol–water partition coefficient (Wildman–Crippen LogP) is 3.03. The van der Waals surface area contributed by atoms with Crippen LogP contribution < -0.4 is 5.32 Å². The van der Waals surface area contributed by atoms with Crippen molar-refractivity contribution in [1.29, 1.82) is 0 Å². The molecule has 0 radical (unpaired) electrons. The molecule has 1 aromatic carbocycles. The zero-order valence-electron chi connectivity index (χ0n) is 15.9. The van der Waals surface area contributed by atoms with Crippen molar-refractivity contribution < 1.29 is 14.0 Å². The lowest BCUT2D eigenvalue weighted by Gasteiger charge is -2.26. The summed E-state index contributed by atoms with van der Waals surface area (Å²) in [6.07, 6.45) is 2.26. The smallest absolute Gasteiger partial charge is 0.320 e. The van der Waals surface area contributed by atoms with Crippen molar-refractivity contribution in [2.24, 2.45) is 0 Å². The fourth-order valence-electron chi connectivity index (χ4n) is 3.24. The Kier molecular flexibility index (Phi) is 6.31. The number of hydrogen-bond donors (Lipinski definition) is 1. The summed E-state index contributed by atoms with van der Waals surface area (Å²) in [5.41, 5.74) is 2.59. The number of urea groups is 1. The topological polar surface area (TPSA) is 70.5 Å². The van der Waals surface area contributed by atoms with E-state index in [1.54, 1.807) is 9.58 Å². The van der Waals surface area contributed by atoms with Crippen LogP contribution in [0.4, 0.5) is 14.9 Å². The van der Waals surface area contributed by atoms with Crippen LogP contribution in [0.5, 0.6) is 0 Å². The number of aldehydes is 1. The summed E-state index contributed by atoms with van der Waals surface area (Å²) in [7, 11) is 4.00. The van der Waals surface area contributed by atoms with Gasteiger partial charge in [-0.2, -0.15) is 5.10 Å². The second-order valence-electron chi connectivity index (χ2n) is 7.04. The molecule has 1 aliphatic heterocycles. The minimum Gasteiger partial charge on any atom is -0.320 e. The van der Waals surface area contributed by atoms with Gasteiger partial charge in [0.15, 0.2) is 6.29 Å². The Hall–Kier alpha value is -2.45. The molecule has 28 heavy (non-hydrogen) atoms. The molecule has 2 aromatic rings. The molecular formula is C19H23ClFN5O2. The van der Waals surface area contributed by atoms with E-state index in [4.69, 9.17) is 11.6 Å². The number of fused-ring (bicyclic) bond motifs is 1. The van der Waals surface area contributed by atoms with E-state index in [-0.39, 0.29) is 11.1 Å². The third-order valence-electron chi connectivity index (χ3n) is 4.69. The number of aryl methyl sites for hydroxylation is 1. The molecule has 0 aliphatic carbocycles. The molecule has 7 nitrogen and oxygen atoms in total. The molecule has 2 heterocycles. The molecule has 3 rings (SSSR count). The van der Waals surface area contributed by atoms with E-state index in [9.17, 15) is 14.0 Å². The molecule has 0 bridgehead atoms. The fraction of sp³-hybridized carbons (Fsp3) is 0.421. The first kappa shape index (κ1) is 20.3. The summed E-state index contributed by atoms with van der Waals surface area (Å²) in [5.74, 6) is -0.542. The fourth-order valence-corrected chi connectivity index (χ4v) is 3.42. The van der Waals surface area contributed by atoms with Crippen LogP contribution in [0.1, 0.15) is 28.2 Å². The molecular weight excluding hydrogens is 385 g/mol. The van der Waals surface area contributed by atoms with Gasteiger partial charge in [0.25, 0.3) is 0 Å². The van der Waals surface area contributed by atoms with E-state index < -0.39 is 5.82 Å². The first-order valence-electron chi connectivity index (χ1n) is 9.08. The molecule has 9 heteroatoms. The number of halogens is 2. The van der Waals surface area contributed by atoms with Crippen molar-refractivity contribution in [1.82, 2.24) is 19.6 Å². The Bertz CT molecular complexity index is 883. The van der Waals surface area contributed by atoms with E-state index in [0.717, 1.165) is 30.5 Å². The van der Waals surface area contributed by atoms with E-state index in [1.807, 2.05) is 14.1 Å². The van der Waals surface area contributed by atoms with Gasteiger partial charge in [0.1, 0.15) is 11.5 Å². The van der Waals surface area contributed by atoms with Crippen LogP contribution in [-0.4, -0.2) is 59.1 Å². The van der Waals surface area contributed by atoms with E-state index in [2.05, 4.69) is 15.3 Å². The van der Waals surface area contributed by atoms with E-state index >= 15 is 0 Å². The third-order valence-corrected chi connectivity index (χ3v) is 4.98. The van der Waals surface area contributed by atoms with Gasteiger partial charge in [-0.25, -0.2) is 9.18 Å². The van der Waals surface area contributed by atoms with Gasteiger partial charge in [0.2, 0.25) is 0 Å². The van der Waals surface area contributed by atoms with Gasteiger partial charge in [0, 0.05) is 30.8 Å². The molecule has 0 atom stereocenters. The molecule has 0 fully saturated rings. The average Bonchev–Trinajstić information content (AvgIpc) is 3.00.